The number of ether oxygens (including phenoxy) is 1. The van der Waals surface area contributed by atoms with Gasteiger partial charge in [-0.05, 0) is 20.3 Å². The highest BCUT2D eigenvalue weighted by Gasteiger charge is 2.25. The number of aromatic nitrogens is 3. The lowest BCUT2D eigenvalue weighted by Crippen LogP contribution is -2.50. The Morgan fingerprint density at radius 2 is 2.14 bits per heavy atom. The number of β-amino-alcohol motifs (C(OH)–C–C–N with tert-alkyl or cyclic N) is 1. The van der Waals surface area contributed by atoms with E-state index in [4.69, 9.17) is 4.74 Å². The van der Waals surface area contributed by atoms with Gasteiger partial charge in [0.15, 0.2) is 0 Å². The van der Waals surface area contributed by atoms with Crippen molar-refractivity contribution in [1.82, 2.24) is 25.0 Å². The Labute approximate surface area is 131 Å². The summed E-state index contributed by atoms with van der Waals surface area (Å²) in [7, 11) is 0. The average molecular weight is 309 g/mol. The van der Waals surface area contributed by atoms with Gasteiger partial charge in [-0.25, -0.2) is 9.67 Å². The van der Waals surface area contributed by atoms with Gasteiger partial charge in [-0.2, -0.15) is 5.10 Å². The second kappa shape index (κ2) is 7.04. The monoisotopic (exact) mass is 309 g/mol. The van der Waals surface area contributed by atoms with Crippen molar-refractivity contribution in [2.24, 2.45) is 0 Å². The van der Waals surface area contributed by atoms with Gasteiger partial charge in [-0.1, -0.05) is 0 Å². The van der Waals surface area contributed by atoms with Crippen molar-refractivity contribution >= 4 is 0 Å². The second-order valence-electron chi connectivity index (χ2n) is 6.63. The smallest absolute Gasteiger partial charge is 0.138 e. The number of aliphatic hydroxyl groups excluding tert-OH is 1. The van der Waals surface area contributed by atoms with Crippen molar-refractivity contribution in [2.45, 2.75) is 57.6 Å². The van der Waals surface area contributed by atoms with Crippen molar-refractivity contribution < 1.29 is 9.84 Å². The summed E-state index contributed by atoms with van der Waals surface area (Å²) in [6, 6.07) is 0.367. The largest absolute Gasteiger partial charge is 0.390 e. The van der Waals surface area contributed by atoms with Gasteiger partial charge in [0.1, 0.15) is 12.2 Å². The molecule has 7 nitrogen and oxygen atoms in total. The molecule has 22 heavy (non-hydrogen) atoms. The van der Waals surface area contributed by atoms with E-state index < -0.39 is 0 Å². The van der Waals surface area contributed by atoms with E-state index in [-0.39, 0.29) is 18.3 Å². The van der Waals surface area contributed by atoms with Crippen LogP contribution in [0, 0.1) is 0 Å². The Balaban J connectivity index is 1.40. The number of nitrogens with one attached hydrogen (secondary N) is 1. The van der Waals surface area contributed by atoms with E-state index in [1.807, 2.05) is 4.68 Å². The number of rotatable bonds is 5. The SMILES string of the molecule is C[C@@H]1CN(C[C@H](O)CN[C@@H]2CCc3ncnn3C2)C[C@H](C)O1. The van der Waals surface area contributed by atoms with Gasteiger partial charge in [0.05, 0.1) is 24.9 Å². The quantitative estimate of drug-likeness (QED) is 0.774. The minimum absolute atomic E-state index is 0.244. The molecular weight excluding hydrogens is 282 g/mol. The van der Waals surface area contributed by atoms with Crippen LogP contribution in [0.25, 0.3) is 0 Å². The second-order valence-corrected chi connectivity index (χ2v) is 6.63. The fraction of sp³-hybridized carbons (Fsp3) is 0.867. The van der Waals surface area contributed by atoms with E-state index in [1.54, 1.807) is 6.33 Å². The van der Waals surface area contributed by atoms with Crippen molar-refractivity contribution in [3.05, 3.63) is 12.2 Å². The van der Waals surface area contributed by atoms with Crippen molar-refractivity contribution in [3.63, 3.8) is 0 Å². The Hall–Kier alpha value is -1.02. The highest BCUT2D eigenvalue weighted by Crippen LogP contribution is 2.12. The molecule has 0 radical (unpaired) electrons. The standard InChI is InChI=1S/C15H27N5O2/c1-11-6-19(7-12(2)22-11)9-14(21)5-16-13-3-4-15-17-10-18-20(15)8-13/h10-14,16,21H,3-9H2,1-2H3/t11-,12+,13-,14-/m1/s1. The summed E-state index contributed by atoms with van der Waals surface area (Å²) in [5.41, 5.74) is 0. The molecule has 0 amide bonds. The van der Waals surface area contributed by atoms with Gasteiger partial charge < -0.3 is 15.2 Å². The summed E-state index contributed by atoms with van der Waals surface area (Å²) in [5, 5.41) is 18.0. The summed E-state index contributed by atoms with van der Waals surface area (Å²) in [4.78, 5) is 6.53. The van der Waals surface area contributed by atoms with Crippen LogP contribution in [-0.2, 0) is 17.7 Å². The van der Waals surface area contributed by atoms with Gasteiger partial charge in [-0.3, -0.25) is 4.90 Å². The third-order valence-corrected chi connectivity index (χ3v) is 4.41. The van der Waals surface area contributed by atoms with Crippen LogP contribution in [0.3, 0.4) is 0 Å². The van der Waals surface area contributed by atoms with E-state index in [2.05, 4.69) is 34.1 Å². The summed E-state index contributed by atoms with van der Waals surface area (Å²) in [5.74, 6) is 1.06. The lowest BCUT2D eigenvalue weighted by atomic mass is 10.1. The van der Waals surface area contributed by atoms with Gasteiger partial charge in [0.2, 0.25) is 0 Å². The average Bonchev–Trinajstić information content (AvgIpc) is 2.91. The Morgan fingerprint density at radius 1 is 1.36 bits per heavy atom. The molecule has 0 unspecified atom stereocenters. The number of morpholine rings is 1. The third kappa shape index (κ3) is 4.04. The highest BCUT2D eigenvalue weighted by atomic mass is 16.5. The molecule has 2 N–H and O–H groups in total. The minimum atomic E-state index is -0.352. The van der Waals surface area contributed by atoms with E-state index >= 15 is 0 Å². The Kier molecular flexibility index (Phi) is 5.07. The molecule has 3 rings (SSSR count). The van der Waals surface area contributed by atoms with Crippen molar-refractivity contribution in [2.75, 3.05) is 26.2 Å². The van der Waals surface area contributed by atoms with Crippen LogP contribution in [0.5, 0.6) is 0 Å². The van der Waals surface area contributed by atoms with Gasteiger partial charge in [0.25, 0.3) is 0 Å². The molecule has 3 heterocycles. The zero-order valence-corrected chi connectivity index (χ0v) is 13.5. The van der Waals surface area contributed by atoms with Crippen LogP contribution in [-0.4, -0.2) is 75.3 Å². The maximum atomic E-state index is 10.3. The van der Waals surface area contributed by atoms with E-state index in [0.29, 0.717) is 19.1 Å². The molecule has 7 heteroatoms. The predicted octanol–water partition coefficient (Wildman–Crippen LogP) is -0.347. The summed E-state index contributed by atoms with van der Waals surface area (Å²) in [6.07, 6.45) is 3.76. The molecule has 0 aliphatic carbocycles. The molecule has 1 aromatic heterocycles. The fourth-order valence-corrected chi connectivity index (χ4v) is 3.50. The molecule has 1 aromatic rings. The zero-order valence-electron chi connectivity index (χ0n) is 13.5. The zero-order chi connectivity index (χ0) is 15.5. The van der Waals surface area contributed by atoms with Crippen LogP contribution < -0.4 is 5.32 Å². The molecule has 0 aromatic carbocycles. The number of hydrogen-bond acceptors (Lipinski definition) is 6. The van der Waals surface area contributed by atoms with Crippen LogP contribution in [0.15, 0.2) is 6.33 Å². The molecule has 0 saturated carbocycles. The molecular formula is C15H27N5O2. The lowest BCUT2D eigenvalue weighted by molar-refractivity contribution is -0.0763. The number of nitrogens with zero attached hydrogens (tertiary/aromatic N) is 4. The van der Waals surface area contributed by atoms with E-state index in [1.165, 1.54) is 0 Å². The van der Waals surface area contributed by atoms with Crippen molar-refractivity contribution in [3.8, 4) is 0 Å². The van der Waals surface area contributed by atoms with Crippen LogP contribution in [0.1, 0.15) is 26.1 Å². The fourth-order valence-electron chi connectivity index (χ4n) is 3.50. The predicted molar refractivity (Wildman–Crippen MR) is 82.6 cm³/mol. The number of aliphatic hydroxyl groups is 1. The summed E-state index contributed by atoms with van der Waals surface area (Å²) < 4.78 is 7.68. The van der Waals surface area contributed by atoms with Crippen LogP contribution in [0.2, 0.25) is 0 Å². The molecule has 124 valence electrons. The Morgan fingerprint density at radius 3 is 2.91 bits per heavy atom. The van der Waals surface area contributed by atoms with Crippen LogP contribution >= 0.6 is 0 Å². The lowest BCUT2D eigenvalue weighted by Gasteiger charge is -2.36. The van der Waals surface area contributed by atoms with Gasteiger partial charge in [0, 0.05) is 38.6 Å². The molecule has 2 aliphatic rings. The normalized spacial score (nSPS) is 31.0. The van der Waals surface area contributed by atoms with Crippen molar-refractivity contribution in [1.29, 1.82) is 0 Å². The molecule has 0 spiro atoms. The van der Waals surface area contributed by atoms with Gasteiger partial charge in [-0.15, -0.1) is 0 Å². The molecule has 0 bridgehead atoms. The Bertz CT molecular complexity index is 470. The molecule has 1 saturated heterocycles. The minimum Gasteiger partial charge on any atom is -0.390 e. The number of fused-ring (bicyclic) bond motifs is 1. The first-order valence-corrected chi connectivity index (χ1v) is 8.26. The summed E-state index contributed by atoms with van der Waals surface area (Å²) >= 11 is 0. The number of hydrogen-bond donors (Lipinski definition) is 2. The first-order chi connectivity index (χ1) is 10.6. The molecule has 1 fully saturated rings. The van der Waals surface area contributed by atoms with Crippen LogP contribution in [0.4, 0.5) is 0 Å². The van der Waals surface area contributed by atoms with E-state index in [9.17, 15) is 5.11 Å². The molecule has 2 aliphatic heterocycles. The highest BCUT2D eigenvalue weighted by molar-refractivity contribution is 4.92. The molecule has 4 atom stereocenters. The van der Waals surface area contributed by atoms with E-state index in [0.717, 1.165) is 38.3 Å². The maximum Gasteiger partial charge on any atom is 0.138 e. The third-order valence-electron chi connectivity index (χ3n) is 4.41. The van der Waals surface area contributed by atoms with Gasteiger partial charge >= 0.3 is 0 Å². The number of aryl methyl sites for hydroxylation is 1. The summed E-state index contributed by atoms with van der Waals surface area (Å²) in [6.45, 7) is 8.13. The first kappa shape index (κ1) is 15.9. The topological polar surface area (TPSA) is 75.4 Å². The maximum absolute atomic E-state index is 10.3. The first-order valence-electron chi connectivity index (χ1n) is 8.26.